The van der Waals surface area contributed by atoms with Crippen LogP contribution in [0.15, 0.2) is 34.2 Å². The summed E-state index contributed by atoms with van der Waals surface area (Å²) in [5.41, 5.74) is 1.04. The summed E-state index contributed by atoms with van der Waals surface area (Å²) in [5.74, 6) is 0.493. The van der Waals surface area contributed by atoms with Gasteiger partial charge in [-0.05, 0) is 17.7 Å². The average molecular weight is 302 g/mol. The first-order valence-electron chi connectivity index (χ1n) is 4.57. The molecule has 0 aliphatic carbocycles. The largest absolute Gasteiger partial charge is 0.244 e. The quantitative estimate of drug-likeness (QED) is 0.817. The van der Waals surface area contributed by atoms with Crippen LogP contribution in [-0.4, -0.2) is 14.8 Å². The Balaban J connectivity index is 2.08. The van der Waals surface area contributed by atoms with E-state index in [1.54, 1.807) is 22.5 Å². The molecular weight excluding hydrogens is 293 g/mol. The molecule has 2 aromatic rings. The Morgan fingerprint density at radius 1 is 1.50 bits per heavy atom. The number of hydrogen-bond donors (Lipinski definition) is 0. The summed E-state index contributed by atoms with van der Waals surface area (Å²) in [6, 6.07) is 4.69. The lowest BCUT2D eigenvalue weighted by molar-refractivity contribution is 0.626. The van der Waals surface area contributed by atoms with Crippen molar-refractivity contribution >= 4 is 27.7 Å². The van der Waals surface area contributed by atoms with Crippen LogP contribution in [0, 0.1) is 5.82 Å². The number of benzene rings is 1. The first kappa shape index (κ1) is 11.6. The zero-order valence-corrected chi connectivity index (χ0v) is 10.9. The van der Waals surface area contributed by atoms with Gasteiger partial charge < -0.3 is 0 Å². The molecule has 0 fully saturated rings. The third kappa shape index (κ3) is 2.62. The molecule has 0 radical (unpaired) electrons. The Hall–Kier alpha value is -0.880. The summed E-state index contributed by atoms with van der Waals surface area (Å²) >= 11 is 4.90. The summed E-state index contributed by atoms with van der Waals surface area (Å²) in [5, 5.41) is 4.82. The van der Waals surface area contributed by atoms with E-state index in [1.165, 1.54) is 18.5 Å². The SMILES string of the molecule is Cn1ncnc1SCc1ccc(F)cc1Br. The predicted octanol–water partition coefficient (Wildman–Crippen LogP) is 3.01. The maximum atomic E-state index is 12.9. The highest BCUT2D eigenvalue weighted by Gasteiger charge is 2.05. The second kappa shape index (κ2) is 4.97. The number of halogens is 2. The molecule has 0 unspecified atom stereocenters. The van der Waals surface area contributed by atoms with Gasteiger partial charge in [0.2, 0.25) is 0 Å². The van der Waals surface area contributed by atoms with Crippen molar-refractivity contribution in [1.29, 1.82) is 0 Å². The molecule has 3 nitrogen and oxygen atoms in total. The molecule has 0 atom stereocenters. The van der Waals surface area contributed by atoms with Gasteiger partial charge in [-0.15, -0.1) is 0 Å². The van der Waals surface area contributed by atoms with Gasteiger partial charge >= 0.3 is 0 Å². The fraction of sp³-hybridized carbons (Fsp3) is 0.200. The average Bonchev–Trinajstić information content (AvgIpc) is 2.63. The van der Waals surface area contributed by atoms with Gasteiger partial charge in [0.1, 0.15) is 12.1 Å². The van der Waals surface area contributed by atoms with Crippen LogP contribution >= 0.6 is 27.7 Å². The highest BCUT2D eigenvalue weighted by molar-refractivity contribution is 9.10. The van der Waals surface area contributed by atoms with Gasteiger partial charge in [0.05, 0.1) is 0 Å². The third-order valence-corrected chi connectivity index (χ3v) is 3.86. The number of thioether (sulfide) groups is 1. The van der Waals surface area contributed by atoms with E-state index in [9.17, 15) is 4.39 Å². The Labute approximate surface area is 105 Å². The maximum Gasteiger partial charge on any atom is 0.186 e. The molecule has 1 heterocycles. The smallest absolute Gasteiger partial charge is 0.186 e. The van der Waals surface area contributed by atoms with Gasteiger partial charge in [-0.1, -0.05) is 33.8 Å². The van der Waals surface area contributed by atoms with Crippen molar-refractivity contribution in [3.05, 3.63) is 40.4 Å². The van der Waals surface area contributed by atoms with E-state index >= 15 is 0 Å². The van der Waals surface area contributed by atoms with Crippen molar-refractivity contribution in [3.63, 3.8) is 0 Å². The highest BCUT2D eigenvalue weighted by atomic mass is 79.9. The standard InChI is InChI=1S/C10H9BrFN3S/c1-15-10(13-6-14-15)16-5-7-2-3-8(12)4-9(7)11/h2-4,6H,5H2,1H3. The minimum atomic E-state index is -0.237. The van der Waals surface area contributed by atoms with Gasteiger partial charge in [0.25, 0.3) is 0 Å². The number of aromatic nitrogens is 3. The fourth-order valence-corrected chi connectivity index (χ4v) is 2.77. The molecule has 84 valence electrons. The van der Waals surface area contributed by atoms with Gasteiger partial charge in [-0.2, -0.15) is 5.10 Å². The monoisotopic (exact) mass is 301 g/mol. The molecule has 6 heteroatoms. The van der Waals surface area contributed by atoms with Crippen LogP contribution in [0.5, 0.6) is 0 Å². The summed E-state index contributed by atoms with van der Waals surface area (Å²) in [7, 11) is 1.84. The minimum Gasteiger partial charge on any atom is -0.244 e. The lowest BCUT2D eigenvalue weighted by Crippen LogP contribution is -1.93. The molecular formula is C10H9BrFN3S. The maximum absolute atomic E-state index is 12.9. The van der Waals surface area contributed by atoms with Crippen molar-refractivity contribution in [3.8, 4) is 0 Å². The van der Waals surface area contributed by atoms with Crippen molar-refractivity contribution in [2.24, 2.45) is 7.05 Å². The van der Waals surface area contributed by atoms with Crippen molar-refractivity contribution in [1.82, 2.24) is 14.8 Å². The minimum absolute atomic E-state index is 0.237. The molecule has 0 amide bonds. The molecule has 0 saturated carbocycles. The molecule has 16 heavy (non-hydrogen) atoms. The number of hydrogen-bond acceptors (Lipinski definition) is 3. The third-order valence-electron chi connectivity index (χ3n) is 2.04. The Morgan fingerprint density at radius 3 is 2.94 bits per heavy atom. The lowest BCUT2D eigenvalue weighted by atomic mass is 10.2. The van der Waals surface area contributed by atoms with Gasteiger partial charge in [0.15, 0.2) is 5.16 Å². The Kier molecular flexibility index (Phi) is 3.60. The van der Waals surface area contributed by atoms with E-state index in [-0.39, 0.29) is 5.82 Å². The summed E-state index contributed by atoms with van der Waals surface area (Å²) < 4.78 is 15.4. The fourth-order valence-electron chi connectivity index (χ4n) is 1.20. The number of nitrogens with zero attached hydrogens (tertiary/aromatic N) is 3. The topological polar surface area (TPSA) is 30.7 Å². The highest BCUT2D eigenvalue weighted by Crippen LogP contribution is 2.25. The molecule has 0 saturated heterocycles. The summed E-state index contributed by atoms with van der Waals surface area (Å²) in [6.45, 7) is 0. The molecule has 1 aromatic heterocycles. The summed E-state index contributed by atoms with van der Waals surface area (Å²) in [4.78, 5) is 4.10. The Morgan fingerprint density at radius 2 is 2.31 bits per heavy atom. The summed E-state index contributed by atoms with van der Waals surface area (Å²) in [6.07, 6.45) is 1.52. The second-order valence-corrected chi connectivity index (χ2v) is 4.99. The zero-order valence-electron chi connectivity index (χ0n) is 8.52. The second-order valence-electron chi connectivity index (χ2n) is 3.19. The first-order valence-corrected chi connectivity index (χ1v) is 6.35. The molecule has 0 aliphatic heterocycles. The zero-order chi connectivity index (χ0) is 11.5. The van der Waals surface area contributed by atoms with Crippen LogP contribution in [0.3, 0.4) is 0 Å². The van der Waals surface area contributed by atoms with Crippen LogP contribution in [0.25, 0.3) is 0 Å². The van der Waals surface area contributed by atoms with Gasteiger partial charge in [-0.25, -0.2) is 14.1 Å². The van der Waals surface area contributed by atoms with E-state index in [0.29, 0.717) is 0 Å². The normalized spacial score (nSPS) is 10.7. The van der Waals surface area contributed by atoms with E-state index in [2.05, 4.69) is 26.0 Å². The van der Waals surface area contributed by atoms with Gasteiger partial charge in [-0.3, -0.25) is 0 Å². The van der Waals surface area contributed by atoms with Crippen LogP contribution in [0.1, 0.15) is 5.56 Å². The first-order chi connectivity index (χ1) is 7.66. The van der Waals surface area contributed by atoms with Crippen LogP contribution in [-0.2, 0) is 12.8 Å². The van der Waals surface area contributed by atoms with E-state index in [0.717, 1.165) is 20.9 Å². The molecule has 0 aliphatic rings. The number of rotatable bonds is 3. The number of aryl methyl sites for hydroxylation is 1. The van der Waals surface area contributed by atoms with Crippen molar-refractivity contribution in [2.75, 3.05) is 0 Å². The van der Waals surface area contributed by atoms with E-state index in [4.69, 9.17) is 0 Å². The molecule has 0 bridgehead atoms. The lowest BCUT2D eigenvalue weighted by Gasteiger charge is -2.03. The van der Waals surface area contributed by atoms with Crippen LogP contribution in [0.2, 0.25) is 0 Å². The van der Waals surface area contributed by atoms with E-state index < -0.39 is 0 Å². The predicted molar refractivity (Wildman–Crippen MR) is 64.7 cm³/mol. The van der Waals surface area contributed by atoms with Crippen molar-refractivity contribution in [2.45, 2.75) is 10.9 Å². The molecule has 1 aromatic carbocycles. The van der Waals surface area contributed by atoms with Gasteiger partial charge in [0, 0.05) is 17.3 Å². The molecule has 0 spiro atoms. The van der Waals surface area contributed by atoms with Crippen molar-refractivity contribution < 1.29 is 4.39 Å². The Bertz CT molecular complexity index is 501. The molecule has 2 rings (SSSR count). The van der Waals surface area contributed by atoms with E-state index in [1.807, 2.05) is 7.05 Å². The molecule has 0 N–H and O–H groups in total. The van der Waals surface area contributed by atoms with Crippen LogP contribution in [0.4, 0.5) is 4.39 Å². The van der Waals surface area contributed by atoms with Crippen LogP contribution < -0.4 is 0 Å².